The normalized spacial score (nSPS) is 20.3. The van der Waals surface area contributed by atoms with Crippen LogP contribution in [0.2, 0.25) is 0 Å². The van der Waals surface area contributed by atoms with E-state index in [1.165, 1.54) is 0 Å². The zero-order chi connectivity index (χ0) is 11.1. The number of hydrogen-bond donors (Lipinski definition) is 1. The second-order valence-electron chi connectivity index (χ2n) is 3.70. The van der Waals surface area contributed by atoms with Crippen molar-refractivity contribution in [3.63, 3.8) is 0 Å². The minimum Gasteiger partial charge on any atom is -0.481 e. The number of hydrogen-bond acceptors (Lipinski definition) is 2. The average Bonchev–Trinajstić information content (AvgIpc) is 2.57. The Bertz CT molecular complexity index is 289. The van der Waals surface area contributed by atoms with E-state index in [9.17, 15) is 9.59 Å². The number of Topliss-reactive ketones (excluding diaryl/α,β-unsaturated/α-hetero) is 1. The van der Waals surface area contributed by atoms with Gasteiger partial charge in [0.1, 0.15) is 5.78 Å². The molecule has 82 valence electrons. The van der Waals surface area contributed by atoms with Crippen LogP contribution >= 0.6 is 0 Å². The van der Waals surface area contributed by atoms with Crippen LogP contribution in [0.1, 0.15) is 32.1 Å². The topological polar surface area (TPSA) is 54.4 Å². The SMILES string of the molecule is O=C(O)CCCC=CCC1C=CCC1=O. The quantitative estimate of drug-likeness (QED) is 0.538. The molecule has 1 unspecified atom stereocenters. The van der Waals surface area contributed by atoms with Gasteiger partial charge in [-0.25, -0.2) is 0 Å². The van der Waals surface area contributed by atoms with Gasteiger partial charge >= 0.3 is 5.97 Å². The van der Waals surface area contributed by atoms with Crippen molar-refractivity contribution in [2.24, 2.45) is 5.92 Å². The molecule has 0 amide bonds. The minimum atomic E-state index is -0.752. The molecule has 0 heterocycles. The van der Waals surface area contributed by atoms with E-state index >= 15 is 0 Å². The van der Waals surface area contributed by atoms with Gasteiger partial charge in [0.25, 0.3) is 0 Å². The number of carboxylic acids is 1. The number of aliphatic carboxylic acids is 1. The van der Waals surface area contributed by atoms with Gasteiger partial charge in [0, 0.05) is 18.8 Å². The van der Waals surface area contributed by atoms with E-state index in [0.29, 0.717) is 12.8 Å². The van der Waals surface area contributed by atoms with E-state index in [4.69, 9.17) is 5.11 Å². The first-order valence-electron chi connectivity index (χ1n) is 5.26. The predicted octanol–water partition coefficient (Wildman–Crippen LogP) is 2.33. The fraction of sp³-hybridized carbons (Fsp3) is 0.500. The highest BCUT2D eigenvalue weighted by atomic mass is 16.4. The Morgan fingerprint density at radius 2 is 2.33 bits per heavy atom. The number of carboxylic acid groups (broad SMARTS) is 1. The Morgan fingerprint density at radius 1 is 1.53 bits per heavy atom. The third kappa shape index (κ3) is 4.58. The molecule has 0 fully saturated rings. The maximum Gasteiger partial charge on any atom is 0.303 e. The standard InChI is InChI=1S/C12H16O3/c13-11-8-5-7-10(11)6-3-1-2-4-9-12(14)15/h1,3,5,7,10H,2,4,6,8-9H2,(H,14,15). The number of allylic oxidation sites excluding steroid dienone is 4. The van der Waals surface area contributed by atoms with E-state index < -0.39 is 5.97 Å². The highest BCUT2D eigenvalue weighted by Gasteiger charge is 2.16. The molecule has 1 aliphatic carbocycles. The Morgan fingerprint density at radius 3 is 2.93 bits per heavy atom. The molecule has 0 bridgehead atoms. The molecule has 0 aromatic carbocycles. The minimum absolute atomic E-state index is 0.0562. The molecule has 1 rings (SSSR count). The van der Waals surface area contributed by atoms with Gasteiger partial charge in [-0.1, -0.05) is 24.3 Å². The first kappa shape index (κ1) is 11.7. The number of carbonyl (C=O) groups is 2. The first-order valence-corrected chi connectivity index (χ1v) is 5.26. The first-order chi connectivity index (χ1) is 7.20. The van der Waals surface area contributed by atoms with Crippen molar-refractivity contribution in [2.45, 2.75) is 32.1 Å². The van der Waals surface area contributed by atoms with Crippen LogP contribution in [0.15, 0.2) is 24.3 Å². The molecule has 1 aliphatic rings. The fourth-order valence-corrected chi connectivity index (χ4v) is 1.55. The lowest BCUT2D eigenvalue weighted by atomic mass is 10.0. The van der Waals surface area contributed by atoms with E-state index in [0.717, 1.165) is 12.8 Å². The van der Waals surface area contributed by atoms with Gasteiger partial charge in [-0.15, -0.1) is 0 Å². The van der Waals surface area contributed by atoms with Crippen LogP contribution in [0.5, 0.6) is 0 Å². The Hall–Kier alpha value is -1.38. The van der Waals surface area contributed by atoms with Crippen molar-refractivity contribution in [3.8, 4) is 0 Å². The summed E-state index contributed by atoms with van der Waals surface area (Å²) >= 11 is 0. The highest BCUT2D eigenvalue weighted by molar-refractivity contribution is 5.86. The van der Waals surface area contributed by atoms with Crippen LogP contribution in [0.3, 0.4) is 0 Å². The van der Waals surface area contributed by atoms with E-state index in [1.54, 1.807) is 0 Å². The number of unbranched alkanes of at least 4 members (excludes halogenated alkanes) is 1. The number of carbonyl (C=O) groups excluding carboxylic acids is 1. The molecule has 0 saturated carbocycles. The summed E-state index contributed by atoms with van der Waals surface area (Å²) in [6.45, 7) is 0. The van der Waals surface area contributed by atoms with Crippen molar-refractivity contribution >= 4 is 11.8 Å². The van der Waals surface area contributed by atoms with Crippen LogP contribution in [0.4, 0.5) is 0 Å². The lowest BCUT2D eigenvalue weighted by Crippen LogP contribution is -2.04. The molecule has 1 atom stereocenters. The molecule has 3 nitrogen and oxygen atoms in total. The van der Waals surface area contributed by atoms with Gasteiger partial charge in [-0.05, 0) is 19.3 Å². The molecule has 0 radical (unpaired) electrons. The molecule has 0 saturated heterocycles. The molecule has 0 aromatic heterocycles. The predicted molar refractivity (Wildman–Crippen MR) is 57.5 cm³/mol. The summed E-state index contributed by atoms with van der Waals surface area (Å²) in [6.07, 6.45) is 10.8. The maximum atomic E-state index is 11.2. The van der Waals surface area contributed by atoms with Gasteiger partial charge in [0.05, 0.1) is 0 Å². The van der Waals surface area contributed by atoms with E-state index in [1.807, 2.05) is 24.3 Å². The molecule has 15 heavy (non-hydrogen) atoms. The number of ketones is 1. The highest BCUT2D eigenvalue weighted by Crippen LogP contribution is 2.17. The fourth-order valence-electron chi connectivity index (χ4n) is 1.55. The van der Waals surface area contributed by atoms with Crippen molar-refractivity contribution < 1.29 is 14.7 Å². The third-order valence-electron chi connectivity index (χ3n) is 2.42. The van der Waals surface area contributed by atoms with Crippen molar-refractivity contribution in [1.82, 2.24) is 0 Å². The molecule has 3 heteroatoms. The summed E-state index contributed by atoms with van der Waals surface area (Å²) in [4.78, 5) is 21.4. The lowest BCUT2D eigenvalue weighted by molar-refractivity contribution is -0.137. The Labute approximate surface area is 89.5 Å². The van der Waals surface area contributed by atoms with Gasteiger partial charge < -0.3 is 5.11 Å². The van der Waals surface area contributed by atoms with Crippen molar-refractivity contribution in [2.75, 3.05) is 0 Å². The zero-order valence-electron chi connectivity index (χ0n) is 8.69. The monoisotopic (exact) mass is 208 g/mol. The van der Waals surface area contributed by atoms with Crippen LogP contribution in [0, 0.1) is 5.92 Å². The van der Waals surface area contributed by atoms with Crippen molar-refractivity contribution in [1.29, 1.82) is 0 Å². The molecule has 1 N–H and O–H groups in total. The number of rotatable bonds is 6. The summed E-state index contributed by atoms with van der Waals surface area (Å²) in [5.74, 6) is -0.414. The Kier molecular flexibility index (Phi) is 4.81. The molecule has 0 aliphatic heterocycles. The average molecular weight is 208 g/mol. The summed E-state index contributed by atoms with van der Waals surface area (Å²) < 4.78 is 0. The van der Waals surface area contributed by atoms with E-state index in [2.05, 4.69) is 0 Å². The van der Waals surface area contributed by atoms with Gasteiger partial charge in [-0.3, -0.25) is 9.59 Å². The van der Waals surface area contributed by atoms with Crippen molar-refractivity contribution in [3.05, 3.63) is 24.3 Å². The summed E-state index contributed by atoms with van der Waals surface area (Å²) in [5.41, 5.74) is 0. The van der Waals surface area contributed by atoms with Crippen LogP contribution < -0.4 is 0 Å². The second kappa shape index (κ2) is 6.17. The largest absolute Gasteiger partial charge is 0.481 e. The van der Waals surface area contributed by atoms with Gasteiger partial charge in [0.15, 0.2) is 0 Å². The van der Waals surface area contributed by atoms with Gasteiger partial charge in [0.2, 0.25) is 0 Å². The molecule has 0 spiro atoms. The lowest BCUT2D eigenvalue weighted by Gasteiger charge is -2.00. The summed E-state index contributed by atoms with van der Waals surface area (Å²) in [5, 5.41) is 8.40. The van der Waals surface area contributed by atoms with E-state index in [-0.39, 0.29) is 18.1 Å². The molecular formula is C12H16O3. The van der Waals surface area contributed by atoms with Crippen LogP contribution in [0.25, 0.3) is 0 Å². The molecule has 0 aromatic rings. The van der Waals surface area contributed by atoms with Crippen LogP contribution in [-0.4, -0.2) is 16.9 Å². The smallest absolute Gasteiger partial charge is 0.303 e. The van der Waals surface area contributed by atoms with Crippen LogP contribution in [-0.2, 0) is 9.59 Å². The molecular weight excluding hydrogens is 192 g/mol. The second-order valence-corrected chi connectivity index (χ2v) is 3.70. The Balaban J connectivity index is 2.09. The third-order valence-corrected chi connectivity index (χ3v) is 2.42. The van der Waals surface area contributed by atoms with Gasteiger partial charge in [-0.2, -0.15) is 0 Å². The summed E-state index contributed by atoms with van der Waals surface area (Å²) in [7, 11) is 0. The summed E-state index contributed by atoms with van der Waals surface area (Å²) in [6, 6.07) is 0. The zero-order valence-corrected chi connectivity index (χ0v) is 8.69. The maximum absolute atomic E-state index is 11.2.